The highest BCUT2D eigenvalue weighted by Gasteiger charge is 2.53. The minimum Gasteiger partial charge on any atom is -0.457 e. The predicted molar refractivity (Wildman–Crippen MR) is 146 cm³/mol. The summed E-state index contributed by atoms with van der Waals surface area (Å²) in [7, 11) is 0. The molecule has 0 radical (unpaired) electrons. The quantitative estimate of drug-likeness (QED) is 0.380. The Morgan fingerprint density at radius 2 is 1.95 bits per heavy atom. The zero-order valence-electron chi connectivity index (χ0n) is 23.1. The highest BCUT2D eigenvalue weighted by molar-refractivity contribution is 7.18. The van der Waals surface area contributed by atoms with Crippen molar-refractivity contribution in [2.45, 2.75) is 110 Å². The molecule has 2 aromatic rings. The van der Waals surface area contributed by atoms with Crippen LogP contribution in [0.15, 0.2) is 18.2 Å². The molecule has 2 fully saturated rings. The number of benzene rings is 1. The third-order valence-corrected chi connectivity index (χ3v) is 9.73. The van der Waals surface area contributed by atoms with Gasteiger partial charge in [0.1, 0.15) is 16.9 Å². The van der Waals surface area contributed by atoms with Crippen molar-refractivity contribution in [2.75, 3.05) is 0 Å². The van der Waals surface area contributed by atoms with Crippen LogP contribution in [0.25, 0.3) is 10.2 Å². The number of carbonyl (C=O) groups is 2. The van der Waals surface area contributed by atoms with Crippen LogP contribution in [0.4, 0.5) is 0 Å². The van der Waals surface area contributed by atoms with Crippen LogP contribution < -0.4 is 5.73 Å². The molecule has 2 aliphatic heterocycles. The number of rotatable bonds is 3. The van der Waals surface area contributed by atoms with Crippen LogP contribution in [0.5, 0.6) is 0 Å². The highest BCUT2D eigenvalue weighted by atomic mass is 32.1. The molecule has 4 N–H and O–H groups in total. The molecule has 0 bridgehead atoms. The number of hydrogen-bond donors (Lipinski definition) is 3. The molecular weight excluding hydrogens is 504 g/mol. The first-order valence-corrected chi connectivity index (χ1v) is 14.6. The maximum Gasteiger partial charge on any atom is 0.309 e. The lowest BCUT2D eigenvalue weighted by molar-refractivity contribution is -0.156. The molecule has 3 unspecified atom stereocenters. The van der Waals surface area contributed by atoms with E-state index in [0.717, 1.165) is 40.1 Å². The highest BCUT2D eigenvalue weighted by Crippen LogP contribution is 2.47. The van der Waals surface area contributed by atoms with E-state index in [1.54, 1.807) is 13.8 Å². The van der Waals surface area contributed by atoms with Gasteiger partial charge in [0.05, 0.1) is 46.0 Å². The van der Waals surface area contributed by atoms with Gasteiger partial charge < -0.3 is 25.4 Å². The van der Waals surface area contributed by atoms with Gasteiger partial charge in [0.25, 0.3) is 0 Å². The number of aliphatic hydroxyl groups excluding tert-OH is 2. The van der Waals surface area contributed by atoms with Gasteiger partial charge in [-0.2, -0.15) is 0 Å². The van der Waals surface area contributed by atoms with E-state index < -0.39 is 35.6 Å². The van der Waals surface area contributed by atoms with E-state index >= 15 is 0 Å². The largest absolute Gasteiger partial charge is 0.457 e. The maximum absolute atomic E-state index is 13.5. The van der Waals surface area contributed by atoms with E-state index in [-0.39, 0.29) is 29.8 Å². The molecule has 2 aliphatic rings. The Morgan fingerprint density at radius 1 is 1.21 bits per heavy atom. The lowest BCUT2D eigenvalue weighted by Crippen LogP contribution is -2.46. The van der Waals surface area contributed by atoms with Crippen molar-refractivity contribution in [1.82, 2.24) is 4.98 Å². The Bertz CT molecular complexity index is 1170. The summed E-state index contributed by atoms with van der Waals surface area (Å²) >= 11 is 1.54. The normalized spacial score (nSPS) is 35.1. The summed E-state index contributed by atoms with van der Waals surface area (Å²) in [6.07, 6.45) is 0.329. The van der Waals surface area contributed by atoms with Crippen molar-refractivity contribution in [3.63, 3.8) is 0 Å². The summed E-state index contributed by atoms with van der Waals surface area (Å²) < 4.78 is 13.1. The van der Waals surface area contributed by atoms with Crippen LogP contribution in [0.1, 0.15) is 89.8 Å². The lowest BCUT2D eigenvalue weighted by atomic mass is 9.71. The number of aliphatic hydroxyl groups is 2. The average molecular weight is 547 g/mol. The Hall–Kier alpha value is -1.91. The number of fused-ring (bicyclic) bond motifs is 2. The first-order chi connectivity index (χ1) is 17.9. The van der Waals surface area contributed by atoms with Gasteiger partial charge in [-0.1, -0.05) is 40.2 Å². The molecule has 8 nitrogen and oxygen atoms in total. The maximum atomic E-state index is 13.5. The molecule has 4 rings (SSSR count). The van der Waals surface area contributed by atoms with Crippen molar-refractivity contribution in [2.24, 2.45) is 23.0 Å². The number of carbonyl (C=O) groups excluding carboxylic acids is 2. The average Bonchev–Trinajstić information content (AvgIpc) is 3.31. The molecule has 0 saturated carbocycles. The molecule has 0 aliphatic carbocycles. The second kappa shape index (κ2) is 11.3. The Labute approximate surface area is 228 Å². The number of epoxide rings is 1. The molecule has 210 valence electrons. The predicted octanol–water partition coefficient (Wildman–Crippen LogP) is 4.44. The summed E-state index contributed by atoms with van der Waals surface area (Å²) in [5, 5.41) is 22.9. The van der Waals surface area contributed by atoms with Gasteiger partial charge in [-0.05, 0) is 49.8 Å². The van der Waals surface area contributed by atoms with Gasteiger partial charge in [-0.3, -0.25) is 9.59 Å². The van der Waals surface area contributed by atoms with E-state index in [9.17, 15) is 19.8 Å². The van der Waals surface area contributed by atoms with Gasteiger partial charge >= 0.3 is 5.97 Å². The van der Waals surface area contributed by atoms with Crippen LogP contribution in [0.2, 0.25) is 0 Å². The molecule has 0 spiro atoms. The van der Waals surface area contributed by atoms with Crippen molar-refractivity contribution in [1.29, 1.82) is 0 Å². The molecule has 9 heteroatoms. The van der Waals surface area contributed by atoms with Crippen molar-refractivity contribution in [3.8, 4) is 0 Å². The second-order valence-electron chi connectivity index (χ2n) is 11.9. The zero-order valence-corrected chi connectivity index (χ0v) is 23.9. The monoisotopic (exact) mass is 546 g/mol. The Morgan fingerprint density at radius 3 is 2.63 bits per heavy atom. The molecule has 1 aromatic heterocycles. The van der Waals surface area contributed by atoms with Crippen molar-refractivity contribution < 1.29 is 29.3 Å². The summed E-state index contributed by atoms with van der Waals surface area (Å²) in [5.74, 6) is -1.51. The number of ether oxygens (including phenoxy) is 2. The van der Waals surface area contributed by atoms with E-state index in [1.165, 1.54) is 11.3 Å². The fourth-order valence-corrected chi connectivity index (χ4v) is 6.55. The molecular formula is C29H42N2O6S. The topological polar surface area (TPSA) is 135 Å². The number of esters is 1. The third-order valence-electron chi connectivity index (χ3n) is 8.67. The van der Waals surface area contributed by atoms with Crippen LogP contribution >= 0.6 is 11.3 Å². The Balaban J connectivity index is 1.62. The molecule has 38 heavy (non-hydrogen) atoms. The lowest BCUT2D eigenvalue weighted by Gasteiger charge is -2.35. The van der Waals surface area contributed by atoms with Crippen LogP contribution in [-0.4, -0.2) is 50.9 Å². The summed E-state index contributed by atoms with van der Waals surface area (Å²) in [4.78, 5) is 31.2. The summed E-state index contributed by atoms with van der Waals surface area (Å²) in [5.41, 5.74) is 5.84. The number of hydrogen-bond acceptors (Lipinski definition) is 9. The number of aromatic nitrogens is 1. The molecule has 1 aromatic carbocycles. The van der Waals surface area contributed by atoms with Crippen LogP contribution in [0, 0.1) is 17.3 Å². The smallest absolute Gasteiger partial charge is 0.309 e. The van der Waals surface area contributed by atoms with Crippen LogP contribution in [0.3, 0.4) is 0 Å². The second-order valence-corrected chi connectivity index (χ2v) is 13.0. The Kier molecular flexibility index (Phi) is 8.64. The SMILES string of the molecule is CC[C@H]1C(=O)C(C)(C)C(O)CC(=O)OC(c2ccc3sc(CN)nc3c2)CC2O[C@]2(C)CCC[C@H](C)[C@@H]1O. The first kappa shape index (κ1) is 29.1. The van der Waals surface area contributed by atoms with Gasteiger partial charge in [0.15, 0.2) is 0 Å². The molecule has 3 heterocycles. The number of thiazole rings is 1. The molecule has 7 atom stereocenters. The summed E-state index contributed by atoms with van der Waals surface area (Å²) in [6, 6.07) is 5.84. The van der Waals surface area contributed by atoms with Crippen molar-refractivity contribution in [3.05, 3.63) is 28.8 Å². The van der Waals surface area contributed by atoms with Gasteiger partial charge in [0.2, 0.25) is 0 Å². The number of nitrogens with zero attached hydrogens (tertiary/aromatic N) is 1. The fourth-order valence-electron chi connectivity index (χ4n) is 5.72. The summed E-state index contributed by atoms with van der Waals surface area (Å²) in [6.45, 7) is 9.56. The standard InChI is InChI=1S/C29H42N2O6S/c1-6-18-26(34)16(2)8-7-11-29(5)23(37-29)13-20(36-25(33)14-22(32)28(3,4)27(18)35)17-9-10-21-19(12-17)31-24(15-30)38-21/h9-10,12,16,18,20,22-23,26,32,34H,6-8,11,13-15,30H2,1-5H3/t16-,18+,20?,22?,23?,26-,29+/m0/s1. The number of cyclic esters (lactones) is 1. The first-order valence-electron chi connectivity index (χ1n) is 13.8. The van der Waals surface area contributed by atoms with Crippen molar-refractivity contribution >= 4 is 33.3 Å². The number of nitrogens with two attached hydrogens (primary N) is 1. The van der Waals surface area contributed by atoms with Gasteiger partial charge in [-0.15, -0.1) is 11.3 Å². The van der Waals surface area contributed by atoms with Gasteiger partial charge in [0, 0.05) is 18.9 Å². The molecule has 2 saturated heterocycles. The van der Waals surface area contributed by atoms with E-state index in [4.69, 9.17) is 15.2 Å². The van der Waals surface area contributed by atoms with Crippen LogP contribution in [-0.2, 0) is 25.6 Å². The number of Topliss-reactive ketones (excluding diaryl/α,β-unsaturated/α-hetero) is 1. The molecule has 0 amide bonds. The van der Waals surface area contributed by atoms with E-state index in [2.05, 4.69) is 11.9 Å². The minimum absolute atomic E-state index is 0.0773. The number of ketones is 1. The third kappa shape index (κ3) is 5.97. The van der Waals surface area contributed by atoms with E-state index in [0.29, 0.717) is 19.4 Å². The minimum atomic E-state index is -1.25. The van der Waals surface area contributed by atoms with Gasteiger partial charge in [-0.25, -0.2) is 4.98 Å². The zero-order chi connectivity index (χ0) is 27.8. The van der Waals surface area contributed by atoms with E-state index in [1.807, 2.05) is 32.0 Å². The fraction of sp³-hybridized carbons (Fsp3) is 0.690.